The van der Waals surface area contributed by atoms with Crippen molar-refractivity contribution in [3.05, 3.63) is 28.8 Å². The molecule has 2 rings (SSSR count). The standard InChI is InChI=1S/C15H23ClN2O2S/c1-11-3-2-4-13(7-5-11)18-21(19,20)15-9-12(10-17)6-8-14(15)16/h6,8-9,11,13,18H,2-5,7,10,17H2,1H3. The van der Waals surface area contributed by atoms with E-state index in [9.17, 15) is 8.42 Å². The number of nitrogens with one attached hydrogen (secondary N) is 1. The molecule has 2 atom stereocenters. The lowest BCUT2D eigenvalue weighted by molar-refractivity contribution is 0.484. The van der Waals surface area contributed by atoms with Crippen LogP contribution in [0.3, 0.4) is 0 Å². The van der Waals surface area contributed by atoms with Gasteiger partial charge < -0.3 is 5.73 Å². The zero-order valence-electron chi connectivity index (χ0n) is 12.3. The maximum absolute atomic E-state index is 12.5. The first-order valence-electron chi connectivity index (χ1n) is 7.43. The van der Waals surface area contributed by atoms with Crippen molar-refractivity contribution >= 4 is 21.6 Å². The quantitative estimate of drug-likeness (QED) is 0.833. The molecule has 1 aliphatic rings. The average molecular weight is 331 g/mol. The summed E-state index contributed by atoms with van der Waals surface area (Å²) in [7, 11) is -3.59. The molecule has 1 fully saturated rings. The Hall–Kier alpha value is -0.620. The highest BCUT2D eigenvalue weighted by atomic mass is 35.5. The molecule has 0 heterocycles. The van der Waals surface area contributed by atoms with E-state index in [0.717, 1.165) is 31.2 Å². The van der Waals surface area contributed by atoms with E-state index in [1.807, 2.05) is 0 Å². The Bertz CT molecular complexity index is 589. The number of hydrogen-bond acceptors (Lipinski definition) is 3. The fraction of sp³-hybridized carbons (Fsp3) is 0.600. The van der Waals surface area contributed by atoms with Gasteiger partial charge in [0.15, 0.2) is 0 Å². The summed E-state index contributed by atoms with van der Waals surface area (Å²) in [5, 5.41) is 0.238. The minimum Gasteiger partial charge on any atom is -0.326 e. The van der Waals surface area contributed by atoms with Crippen LogP contribution >= 0.6 is 11.6 Å². The first kappa shape index (κ1) is 16.7. The molecule has 3 N–H and O–H groups in total. The van der Waals surface area contributed by atoms with Crippen LogP contribution in [-0.2, 0) is 16.6 Å². The molecule has 118 valence electrons. The molecular formula is C15H23ClN2O2S. The molecule has 0 spiro atoms. The monoisotopic (exact) mass is 330 g/mol. The largest absolute Gasteiger partial charge is 0.326 e. The Morgan fingerprint density at radius 1 is 1.29 bits per heavy atom. The van der Waals surface area contributed by atoms with E-state index in [-0.39, 0.29) is 16.0 Å². The van der Waals surface area contributed by atoms with Gasteiger partial charge >= 0.3 is 0 Å². The summed E-state index contributed by atoms with van der Waals surface area (Å²) in [6.45, 7) is 2.51. The van der Waals surface area contributed by atoms with Crippen molar-refractivity contribution in [3.8, 4) is 0 Å². The van der Waals surface area contributed by atoms with Crippen LogP contribution in [-0.4, -0.2) is 14.5 Å². The smallest absolute Gasteiger partial charge is 0.242 e. The van der Waals surface area contributed by atoms with Gasteiger partial charge in [-0.3, -0.25) is 0 Å². The Balaban J connectivity index is 2.18. The molecular weight excluding hydrogens is 308 g/mol. The van der Waals surface area contributed by atoms with Crippen molar-refractivity contribution in [2.45, 2.75) is 56.5 Å². The maximum atomic E-state index is 12.5. The van der Waals surface area contributed by atoms with E-state index in [1.165, 1.54) is 6.42 Å². The topological polar surface area (TPSA) is 72.2 Å². The SMILES string of the molecule is CC1CCCC(NS(=O)(=O)c2cc(CN)ccc2Cl)CC1. The molecule has 0 bridgehead atoms. The van der Waals surface area contributed by atoms with E-state index >= 15 is 0 Å². The van der Waals surface area contributed by atoms with E-state index in [1.54, 1.807) is 18.2 Å². The molecule has 0 aromatic heterocycles. The van der Waals surface area contributed by atoms with Crippen molar-refractivity contribution in [2.75, 3.05) is 0 Å². The van der Waals surface area contributed by atoms with Gasteiger partial charge in [-0.1, -0.05) is 37.4 Å². The van der Waals surface area contributed by atoms with Gasteiger partial charge in [0.2, 0.25) is 10.0 Å². The van der Waals surface area contributed by atoms with Gasteiger partial charge in [-0.15, -0.1) is 0 Å². The number of rotatable bonds is 4. The maximum Gasteiger partial charge on any atom is 0.242 e. The molecule has 2 unspecified atom stereocenters. The first-order valence-corrected chi connectivity index (χ1v) is 9.29. The predicted molar refractivity (Wildman–Crippen MR) is 85.7 cm³/mol. The third-order valence-electron chi connectivity index (χ3n) is 4.10. The Kier molecular flexibility index (Phi) is 5.66. The third-order valence-corrected chi connectivity index (χ3v) is 6.10. The van der Waals surface area contributed by atoms with E-state index < -0.39 is 10.0 Å². The van der Waals surface area contributed by atoms with Crippen LogP contribution in [0.5, 0.6) is 0 Å². The molecule has 0 aliphatic heterocycles. The number of hydrogen-bond donors (Lipinski definition) is 2. The molecule has 0 amide bonds. The zero-order valence-corrected chi connectivity index (χ0v) is 13.9. The Morgan fingerprint density at radius 3 is 2.76 bits per heavy atom. The normalized spacial score (nSPS) is 23.8. The first-order chi connectivity index (χ1) is 9.92. The molecule has 0 radical (unpaired) electrons. The summed E-state index contributed by atoms with van der Waals surface area (Å²) >= 11 is 6.05. The summed E-state index contributed by atoms with van der Waals surface area (Å²) in [6.07, 6.45) is 5.06. The zero-order chi connectivity index (χ0) is 15.5. The van der Waals surface area contributed by atoms with Gasteiger partial charge in [-0.05, 0) is 42.9 Å². The molecule has 1 aromatic rings. The molecule has 1 saturated carbocycles. The number of sulfonamides is 1. The van der Waals surface area contributed by atoms with Crippen molar-refractivity contribution in [3.63, 3.8) is 0 Å². The van der Waals surface area contributed by atoms with Crippen LogP contribution in [0.4, 0.5) is 0 Å². The highest BCUT2D eigenvalue weighted by Crippen LogP contribution is 2.26. The van der Waals surface area contributed by atoms with Crippen molar-refractivity contribution < 1.29 is 8.42 Å². The second-order valence-electron chi connectivity index (χ2n) is 5.90. The lowest BCUT2D eigenvalue weighted by Crippen LogP contribution is -2.34. The molecule has 21 heavy (non-hydrogen) atoms. The van der Waals surface area contributed by atoms with Crippen LogP contribution in [0.1, 0.15) is 44.6 Å². The van der Waals surface area contributed by atoms with Crippen molar-refractivity contribution in [1.82, 2.24) is 4.72 Å². The second kappa shape index (κ2) is 7.09. The lowest BCUT2D eigenvalue weighted by Gasteiger charge is -2.17. The van der Waals surface area contributed by atoms with E-state index in [4.69, 9.17) is 17.3 Å². The third kappa shape index (κ3) is 4.42. The van der Waals surface area contributed by atoms with Crippen molar-refractivity contribution in [1.29, 1.82) is 0 Å². The number of benzene rings is 1. The van der Waals surface area contributed by atoms with Crippen molar-refractivity contribution in [2.24, 2.45) is 11.7 Å². The predicted octanol–water partition coefficient (Wildman–Crippen LogP) is 3.05. The molecule has 4 nitrogen and oxygen atoms in total. The summed E-state index contributed by atoms with van der Waals surface area (Å²) in [6, 6.07) is 4.89. The van der Waals surface area contributed by atoms with Gasteiger partial charge in [-0.25, -0.2) is 13.1 Å². The summed E-state index contributed by atoms with van der Waals surface area (Å²) < 4.78 is 27.9. The lowest BCUT2D eigenvalue weighted by atomic mass is 10.0. The Morgan fingerprint density at radius 2 is 2.05 bits per heavy atom. The average Bonchev–Trinajstić information content (AvgIpc) is 2.63. The summed E-state index contributed by atoms with van der Waals surface area (Å²) in [5.41, 5.74) is 6.33. The number of nitrogens with two attached hydrogens (primary N) is 1. The van der Waals surface area contributed by atoms with E-state index in [0.29, 0.717) is 12.5 Å². The van der Waals surface area contributed by atoms with Crippen LogP contribution in [0.2, 0.25) is 5.02 Å². The van der Waals surface area contributed by atoms with Gasteiger partial charge in [0.05, 0.1) is 5.02 Å². The minimum absolute atomic E-state index is 0.00227. The fourth-order valence-corrected chi connectivity index (χ4v) is 4.62. The minimum atomic E-state index is -3.59. The highest BCUT2D eigenvalue weighted by Gasteiger charge is 2.24. The molecule has 1 aromatic carbocycles. The van der Waals surface area contributed by atoms with Crippen LogP contribution < -0.4 is 10.5 Å². The van der Waals surface area contributed by atoms with E-state index in [2.05, 4.69) is 11.6 Å². The molecule has 1 aliphatic carbocycles. The van der Waals surface area contributed by atoms with Gasteiger partial charge in [-0.2, -0.15) is 0 Å². The van der Waals surface area contributed by atoms with Gasteiger partial charge in [0, 0.05) is 12.6 Å². The van der Waals surface area contributed by atoms with Gasteiger partial charge in [0.1, 0.15) is 4.90 Å². The fourth-order valence-electron chi connectivity index (χ4n) is 2.77. The molecule has 6 heteroatoms. The second-order valence-corrected chi connectivity index (χ2v) is 7.99. The van der Waals surface area contributed by atoms with Crippen LogP contribution in [0.15, 0.2) is 23.1 Å². The number of halogens is 1. The summed E-state index contributed by atoms with van der Waals surface area (Å²) in [4.78, 5) is 0.129. The molecule has 0 saturated heterocycles. The van der Waals surface area contributed by atoms with Gasteiger partial charge in [0.25, 0.3) is 0 Å². The van der Waals surface area contributed by atoms with Crippen LogP contribution in [0, 0.1) is 5.92 Å². The van der Waals surface area contributed by atoms with Crippen LogP contribution in [0.25, 0.3) is 0 Å². The Labute approximate surface area is 132 Å². The highest BCUT2D eigenvalue weighted by molar-refractivity contribution is 7.89. The summed E-state index contributed by atoms with van der Waals surface area (Å²) in [5.74, 6) is 0.670.